The number of benzene rings is 1. The molecule has 0 atom stereocenters. The van der Waals surface area contributed by atoms with Crippen LogP contribution in [0.1, 0.15) is 5.56 Å². The third kappa shape index (κ3) is 4.07. The summed E-state index contributed by atoms with van der Waals surface area (Å²) in [7, 11) is 0. The average Bonchev–Trinajstić information content (AvgIpc) is 2.75. The molecule has 2 aromatic rings. The van der Waals surface area contributed by atoms with Crippen molar-refractivity contribution in [1.29, 1.82) is 0 Å². The maximum absolute atomic E-state index is 11.6. The van der Waals surface area contributed by atoms with E-state index in [1.807, 2.05) is 0 Å². The van der Waals surface area contributed by atoms with Crippen molar-refractivity contribution in [2.75, 3.05) is 5.73 Å². The first-order valence-corrected chi connectivity index (χ1v) is 6.89. The summed E-state index contributed by atoms with van der Waals surface area (Å²) >= 11 is 6.83. The number of nitrogens with one attached hydrogen (secondary N) is 1. The van der Waals surface area contributed by atoms with Gasteiger partial charge in [-0.1, -0.05) is 23.7 Å². The Hall–Kier alpha value is -2.32. The Kier molecular flexibility index (Phi) is 4.61. The summed E-state index contributed by atoms with van der Waals surface area (Å²) in [6.07, 6.45) is -0.720. The van der Waals surface area contributed by atoms with E-state index < -0.39 is 11.0 Å². The molecule has 0 aliphatic heterocycles. The highest BCUT2D eigenvalue weighted by Gasteiger charge is 2.12. The zero-order chi connectivity index (χ0) is 15.4. The summed E-state index contributed by atoms with van der Waals surface area (Å²) < 4.78 is 5.39. The number of anilines is 1. The number of carbonyl (C=O) groups is 1. The van der Waals surface area contributed by atoms with Crippen LogP contribution < -0.4 is 15.8 Å². The van der Waals surface area contributed by atoms with Crippen LogP contribution in [-0.2, 0) is 6.54 Å². The van der Waals surface area contributed by atoms with Crippen LogP contribution in [0, 0.1) is 10.1 Å². The number of nitrogen functional groups attached to an aromatic ring is 1. The highest BCUT2D eigenvalue weighted by Crippen LogP contribution is 2.35. The fourth-order valence-electron chi connectivity index (χ4n) is 1.53. The van der Waals surface area contributed by atoms with Gasteiger partial charge in [0.1, 0.15) is 5.00 Å². The van der Waals surface area contributed by atoms with E-state index in [1.54, 1.807) is 6.07 Å². The summed E-state index contributed by atoms with van der Waals surface area (Å²) in [5.74, 6) is 0.182. The number of hydrogen-bond donors (Lipinski definition) is 2. The molecule has 0 saturated carbocycles. The number of nitro benzene ring substituents is 1. The van der Waals surface area contributed by atoms with Crippen molar-refractivity contribution in [3.63, 3.8) is 0 Å². The maximum Gasteiger partial charge on any atom is 0.412 e. The predicted octanol–water partition coefficient (Wildman–Crippen LogP) is 3.18. The molecule has 0 unspecified atom stereocenters. The van der Waals surface area contributed by atoms with Crippen molar-refractivity contribution in [2.45, 2.75) is 6.54 Å². The summed E-state index contributed by atoms with van der Waals surface area (Å²) in [5.41, 5.74) is 6.14. The van der Waals surface area contributed by atoms with Gasteiger partial charge in [-0.05, 0) is 5.56 Å². The van der Waals surface area contributed by atoms with Crippen LogP contribution >= 0.6 is 22.9 Å². The lowest BCUT2D eigenvalue weighted by Crippen LogP contribution is -2.26. The van der Waals surface area contributed by atoms with E-state index in [0.717, 1.165) is 11.3 Å². The number of nitrogens with zero attached hydrogens (tertiary/aromatic N) is 1. The number of carbonyl (C=O) groups excluding carboxylic acids is 1. The fourth-order valence-corrected chi connectivity index (χ4v) is 2.45. The van der Waals surface area contributed by atoms with Gasteiger partial charge in [0.25, 0.3) is 5.69 Å². The molecule has 3 N–H and O–H groups in total. The molecule has 0 aliphatic rings. The highest BCUT2D eigenvalue weighted by molar-refractivity contribution is 7.20. The SMILES string of the molecule is Nc1sc(Cl)cc1OC(=O)NCc1cccc([N+](=O)[O-])c1. The van der Waals surface area contributed by atoms with Crippen molar-refractivity contribution in [3.05, 3.63) is 50.3 Å². The Morgan fingerprint density at radius 1 is 1.48 bits per heavy atom. The lowest BCUT2D eigenvalue weighted by molar-refractivity contribution is -0.384. The second-order valence-corrected chi connectivity index (χ2v) is 5.66. The van der Waals surface area contributed by atoms with Gasteiger partial charge in [-0.25, -0.2) is 4.79 Å². The van der Waals surface area contributed by atoms with Gasteiger partial charge in [0, 0.05) is 24.7 Å². The topological polar surface area (TPSA) is 107 Å². The molecule has 21 heavy (non-hydrogen) atoms. The Balaban J connectivity index is 1.93. The van der Waals surface area contributed by atoms with Crippen molar-refractivity contribution in [3.8, 4) is 5.75 Å². The van der Waals surface area contributed by atoms with Crippen molar-refractivity contribution in [1.82, 2.24) is 5.32 Å². The number of non-ortho nitro benzene ring substituents is 1. The molecule has 2 rings (SSSR count). The van der Waals surface area contributed by atoms with Crippen molar-refractivity contribution in [2.24, 2.45) is 0 Å². The van der Waals surface area contributed by atoms with E-state index in [4.69, 9.17) is 22.1 Å². The van der Waals surface area contributed by atoms with E-state index in [-0.39, 0.29) is 18.0 Å². The van der Waals surface area contributed by atoms with Gasteiger partial charge in [-0.2, -0.15) is 0 Å². The summed E-state index contributed by atoms with van der Waals surface area (Å²) in [4.78, 5) is 21.7. The molecule has 7 nitrogen and oxygen atoms in total. The first-order valence-electron chi connectivity index (χ1n) is 5.69. The Morgan fingerprint density at radius 2 is 2.24 bits per heavy atom. The van der Waals surface area contributed by atoms with E-state index in [1.165, 1.54) is 24.3 Å². The third-order valence-electron chi connectivity index (χ3n) is 2.46. The van der Waals surface area contributed by atoms with Crippen LogP contribution in [-0.4, -0.2) is 11.0 Å². The lowest BCUT2D eigenvalue weighted by Gasteiger charge is -2.06. The van der Waals surface area contributed by atoms with Crippen LogP contribution in [0.3, 0.4) is 0 Å². The van der Waals surface area contributed by atoms with Gasteiger partial charge in [-0.15, -0.1) is 11.3 Å². The van der Waals surface area contributed by atoms with Gasteiger partial charge < -0.3 is 15.8 Å². The lowest BCUT2D eigenvalue weighted by atomic mass is 10.2. The van der Waals surface area contributed by atoms with Crippen LogP contribution in [0.15, 0.2) is 30.3 Å². The monoisotopic (exact) mass is 327 g/mol. The highest BCUT2D eigenvalue weighted by atomic mass is 35.5. The van der Waals surface area contributed by atoms with Gasteiger partial charge in [0.05, 0.1) is 9.26 Å². The third-order valence-corrected chi connectivity index (χ3v) is 3.53. The Morgan fingerprint density at radius 3 is 2.86 bits per heavy atom. The van der Waals surface area contributed by atoms with Crippen LogP contribution in [0.25, 0.3) is 0 Å². The van der Waals surface area contributed by atoms with Crippen LogP contribution in [0.4, 0.5) is 15.5 Å². The molecule has 1 aromatic heterocycles. The number of ether oxygens (including phenoxy) is 1. The zero-order valence-electron chi connectivity index (χ0n) is 10.5. The molecular weight excluding hydrogens is 318 g/mol. The minimum Gasteiger partial charge on any atom is -0.407 e. The largest absolute Gasteiger partial charge is 0.412 e. The molecule has 0 spiro atoms. The molecule has 1 heterocycles. The van der Waals surface area contributed by atoms with Gasteiger partial charge >= 0.3 is 6.09 Å². The number of halogens is 1. The van der Waals surface area contributed by atoms with E-state index in [0.29, 0.717) is 14.9 Å². The van der Waals surface area contributed by atoms with Crippen LogP contribution in [0.5, 0.6) is 5.75 Å². The minimum atomic E-state index is -0.720. The fraction of sp³-hybridized carbons (Fsp3) is 0.0833. The van der Waals surface area contributed by atoms with Crippen LogP contribution in [0.2, 0.25) is 4.34 Å². The first kappa shape index (κ1) is 15.1. The van der Waals surface area contributed by atoms with E-state index >= 15 is 0 Å². The maximum atomic E-state index is 11.6. The molecular formula is C12H10ClN3O4S. The first-order chi connectivity index (χ1) is 9.95. The summed E-state index contributed by atoms with van der Waals surface area (Å²) in [5, 5.41) is 13.4. The Bertz CT molecular complexity index is 689. The summed E-state index contributed by atoms with van der Waals surface area (Å²) in [6.45, 7) is 0.0955. The summed E-state index contributed by atoms with van der Waals surface area (Å²) in [6, 6.07) is 7.38. The molecule has 110 valence electrons. The van der Waals surface area contributed by atoms with E-state index in [9.17, 15) is 14.9 Å². The average molecular weight is 328 g/mol. The second-order valence-electron chi connectivity index (χ2n) is 3.95. The normalized spacial score (nSPS) is 10.1. The molecule has 0 bridgehead atoms. The molecule has 1 aromatic carbocycles. The standard InChI is InChI=1S/C12H10ClN3O4S/c13-10-5-9(11(14)21-10)20-12(17)15-6-7-2-1-3-8(4-7)16(18)19/h1-5H,6,14H2,(H,15,17). The molecule has 9 heteroatoms. The number of nitrogens with two attached hydrogens (primary N) is 1. The molecule has 0 fully saturated rings. The van der Waals surface area contributed by atoms with Crippen molar-refractivity contribution < 1.29 is 14.5 Å². The second kappa shape index (κ2) is 6.42. The van der Waals surface area contributed by atoms with Gasteiger partial charge in [0.15, 0.2) is 5.75 Å². The quantitative estimate of drug-likeness (QED) is 0.662. The van der Waals surface area contributed by atoms with Gasteiger partial charge in [-0.3, -0.25) is 10.1 Å². The molecule has 1 amide bonds. The number of thiophene rings is 1. The number of nitro groups is 1. The number of hydrogen-bond acceptors (Lipinski definition) is 6. The molecule has 0 saturated heterocycles. The smallest absolute Gasteiger partial charge is 0.407 e. The van der Waals surface area contributed by atoms with Crippen molar-refractivity contribution >= 4 is 39.7 Å². The van der Waals surface area contributed by atoms with Gasteiger partial charge in [0.2, 0.25) is 0 Å². The minimum absolute atomic E-state index is 0.0449. The Labute approximate surface area is 128 Å². The number of rotatable bonds is 4. The predicted molar refractivity (Wildman–Crippen MR) is 79.7 cm³/mol. The number of amides is 1. The van der Waals surface area contributed by atoms with E-state index in [2.05, 4.69) is 5.32 Å². The molecule has 0 radical (unpaired) electrons. The zero-order valence-corrected chi connectivity index (χ0v) is 12.1. The molecule has 0 aliphatic carbocycles.